The van der Waals surface area contributed by atoms with E-state index in [1.54, 1.807) is 36.6 Å². The Morgan fingerprint density at radius 2 is 1.79 bits per heavy atom. The van der Waals surface area contributed by atoms with Gasteiger partial charge in [0.2, 0.25) is 17.6 Å². The first-order chi connectivity index (χ1) is 13.4. The number of amides is 2. The van der Waals surface area contributed by atoms with Gasteiger partial charge in [0.1, 0.15) is 0 Å². The second-order valence-electron chi connectivity index (χ2n) is 6.34. The number of carbonyl (C=O) groups is 2. The summed E-state index contributed by atoms with van der Waals surface area (Å²) in [7, 11) is 0. The molecule has 0 saturated heterocycles. The Labute approximate surface area is 166 Å². The minimum atomic E-state index is -0.157. The SMILES string of the molecule is CC(=O)Nc1ccc(NC(=O)CSc2nnc(-c3ccco3)n2C(C)C)cc1. The van der Waals surface area contributed by atoms with E-state index < -0.39 is 0 Å². The highest BCUT2D eigenvalue weighted by molar-refractivity contribution is 7.99. The van der Waals surface area contributed by atoms with Crippen LogP contribution in [0.15, 0.2) is 52.2 Å². The molecule has 2 amide bonds. The third kappa shape index (κ3) is 4.80. The molecule has 0 radical (unpaired) electrons. The summed E-state index contributed by atoms with van der Waals surface area (Å²) in [5, 5.41) is 14.6. The third-order valence-electron chi connectivity index (χ3n) is 3.74. The van der Waals surface area contributed by atoms with Crippen LogP contribution in [0.1, 0.15) is 26.8 Å². The lowest BCUT2D eigenvalue weighted by atomic mass is 10.3. The van der Waals surface area contributed by atoms with Gasteiger partial charge >= 0.3 is 0 Å². The van der Waals surface area contributed by atoms with Crippen molar-refractivity contribution in [2.24, 2.45) is 0 Å². The van der Waals surface area contributed by atoms with Crippen LogP contribution in [0.3, 0.4) is 0 Å². The zero-order chi connectivity index (χ0) is 20.1. The molecule has 2 heterocycles. The Balaban J connectivity index is 1.62. The van der Waals surface area contributed by atoms with Crippen LogP contribution in [0.4, 0.5) is 11.4 Å². The first kappa shape index (κ1) is 19.7. The Hall–Kier alpha value is -3.07. The lowest BCUT2D eigenvalue weighted by Gasteiger charge is -2.12. The van der Waals surface area contributed by atoms with Crippen LogP contribution < -0.4 is 10.6 Å². The summed E-state index contributed by atoms with van der Waals surface area (Å²) in [5.74, 6) is 1.16. The normalized spacial score (nSPS) is 10.9. The van der Waals surface area contributed by atoms with Gasteiger partial charge in [-0.3, -0.25) is 14.2 Å². The number of hydrogen-bond acceptors (Lipinski definition) is 6. The van der Waals surface area contributed by atoms with Crippen molar-refractivity contribution < 1.29 is 14.0 Å². The fourth-order valence-electron chi connectivity index (χ4n) is 2.58. The number of hydrogen-bond donors (Lipinski definition) is 2. The Bertz CT molecular complexity index is 949. The summed E-state index contributed by atoms with van der Waals surface area (Å²) in [6.07, 6.45) is 1.59. The molecular formula is C19H21N5O3S. The third-order valence-corrected chi connectivity index (χ3v) is 4.69. The smallest absolute Gasteiger partial charge is 0.234 e. The van der Waals surface area contributed by atoms with Gasteiger partial charge in [-0.15, -0.1) is 10.2 Å². The predicted octanol–water partition coefficient (Wildman–Crippen LogP) is 3.81. The van der Waals surface area contributed by atoms with Gasteiger partial charge in [-0.05, 0) is 50.2 Å². The van der Waals surface area contributed by atoms with Crippen molar-refractivity contribution in [2.45, 2.75) is 32.0 Å². The molecule has 0 atom stereocenters. The molecule has 0 spiro atoms. The molecular weight excluding hydrogens is 378 g/mol. The highest BCUT2D eigenvalue weighted by Gasteiger charge is 2.19. The molecule has 0 unspecified atom stereocenters. The van der Waals surface area contributed by atoms with E-state index in [1.165, 1.54) is 18.7 Å². The van der Waals surface area contributed by atoms with Gasteiger partial charge in [-0.2, -0.15) is 0 Å². The van der Waals surface area contributed by atoms with Crippen molar-refractivity contribution in [3.8, 4) is 11.6 Å². The zero-order valence-electron chi connectivity index (χ0n) is 15.8. The van der Waals surface area contributed by atoms with Crippen molar-refractivity contribution in [3.05, 3.63) is 42.7 Å². The molecule has 0 bridgehead atoms. The molecule has 0 aliphatic heterocycles. The summed E-state index contributed by atoms with van der Waals surface area (Å²) in [5.41, 5.74) is 1.33. The first-order valence-corrected chi connectivity index (χ1v) is 9.71. The molecule has 0 fully saturated rings. The monoisotopic (exact) mass is 399 g/mol. The maximum Gasteiger partial charge on any atom is 0.234 e. The zero-order valence-corrected chi connectivity index (χ0v) is 16.6. The molecule has 3 aromatic rings. The van der Waals surface area contributed by atoms with Crippen molar-refractivity contribution in [1.29, 1.82) is 0 Å². The molecule has 3 rings (SSSR count). The number of benzene rings is 1. The van der Waals surface area contributed by atoms with Gasteiger partial charge in [0.05, 0.1) is 12.0 Å². The maximum absolute atomic E-state index is 12.3. The van der Waals surface area contributed by atoms with E-state index >= 15 is 0 Å². The van der Waals surface area contributed by atoms with E-state index in [0.29, 0.717) is 28.1 Å². The highest BCUT2D eigenvalue weighted by Crippen LogP contribution is 2.28. The topological polar surface area (TPSA) is 102 Å². The van der Waals surface area contributed by atoms with Crippen molar-refractivity contribution >= 4 is 35.0 Å². The first-order valence-electron chi connectivity index (χ1n) is 8.73. The summed E-state index contributed by atoms with van der Waals surface area (Å²) < 4.78 is 7.37. The molecule has 9 heteroatoms. The number of carbonyl (C=O) groups excluding carboxylic acids is 2. The van der Waals surface area contributed by atoms with Gasteiger partial charge in [-0.25, -0.2) is 0 Å². The molecule has 0 aliphatic rings. The number of thioether (sulfide) groups is 1. The van der Waals surface area contributed by atoms with Crippen LogP contribution in [-0.2, 0) is 9.59 Å². The van der Waals surface area contributed by atoms with Crippen LogP contribution in [0.25, 0.3) is 11.6 Å². The largest absolute Gasteiger partial charge is 0.461 e. The number of nitrogens with zero attached hydrogens (tertiary/aromatic N) is 3. The van der Waals surface area contributed by atoms with E-state index in [1.807, 2.05) is 24.5 Å². The molecule has 2 N–H and O–H groups in total. The second kappa shape index (κ2) is 8.75. The van der Waals surface area contributed by atoms with Gasteiger partial charge in [-0.1, -0.05) is 11.8 Å². The Kier molecular flexibility index (Phi) is 6.15. The van der Waals surface area contributed by atoms with Crippen LogP contribution in [-0.4, -0.2) is 32.3 Å². The van der Waals surface area contributed by atoms with Crippen molar-refractivity contribution in [3.63, 3.8) is 0 Å². The highest BCUT2D eigenvalue weighted by atomic mass is 32.2. The standard InChI is InChI=1S/C19H21N5O3S/c1-12(2)24-18(16-5-4-10-27-16)22-23-19(24)28-11-17(26)21-15-8-6-14(7-9-15)20-13(3)25/h4-10,12H,11H2,1-3H3,(H,20,25)(H,21,26). The molecule has 28 heavy (non-hydrogen) atoms. The Morgan fingerprint density at radius 3 is 2.36 bits per heavy atom. The lowest BCUT2D eigenvalue weighted by molar-refractivity contribution is -0.114. The summed E-state index contributed by atoms with van der Waals surface area (Å²) in [4.78, 5) is 23.3. The summed E-state index contributed by atoms with van der Waals surface area (Å²) in [6, 6.07) is 10.7. The van der Waals surface area contributed by atoms with Crippen LogP contribution >= 0.6 is 11.8 Å². The minimum absolute atomic E-state index is 0.113. The number of aromatic nitrogens is 3. The van der Waals surface area contributed by atoms with Crippen molar-refractivity contribution in [1.82, 2.24) is 14.8 Å². The average molecular weight is 399 g/mol. The molecule has 8 nitrogen and oxygen atoms in total. The number of nitrogens with one attached hydrogen (secondary N) is 2. The summed E-state index contributed by atoms with van der Waals surface area (Å²) in [6.45, 7) is 5.49. The quantitative estimate of drug-likeness (QED) is 0.586. The Morgan fingerprint density at radius 1 is 1.11 bits per heavy atom. The second-order valence-corrected chi connectivity index (χ2v) is 7.29. The number of rotatable bonds is 7. The minimum Gasteiger partial charge on any atom is -0.461 e. The van der Waals surface area contributed by atoms with Gasteiger partial charge in [0.25, 0.3) is 0 Å². The van der Waals surface area contributed by atoms with E-state index in [9.17, 15) is 9.59 Å². The van der Waals surface area contributed by atoms with Crippen molar-refractivity contribution in [2.75, 3.05) is 16.4 Å². The fourth-order valence-corrected chi connectivity index (χ4v) is 3.45. The molecule has 146 valence electrons. The molecule has 0 saturated carbocycles. The predicted molar refractivity (Wildman–Crippen MR) is 108 cm³/mol. The van der Waals surface area contributed by atoms with E-state index in [4.69, 9.17) is 4.42 Å². The van der Waals surface area contributed by atoms with E-state index in [0.717, 1.165) is 0 Å². The fraction of sp³-hybridized carbons (Fsp3) is 0.263. The summed E-state index contributed by atoms with van der Waals surface area (Å²) >= 11 is 1.31. The molecule has 1 aromatic carbocycles. The van der Waals surface area contributed by atoms with Crippen LogP contribution in [0, 0.1) is 0 Å². The average Bonchev–Trinajstić information content (AvgIpc) is 3.30. The van der Waals surface area contributed by atoms with Gasteiger partial charge in [0.15, 0.2) is 10.9 Å². The van der Waals surface area contributed by atoms with E-state index in [2.05, 4.69) is 20.8 Å². The van der Waals surface area contributed by atoms with Gasteiger partial charge < -0.3 is 15.1 Å². The van der Waals surface area contributed by atoms with Crippen LogP contribution in [0.2, 0.25) is 0 Å². The van der Waals surface area contributed by atoms with Gasteiger partial charge in [0, 0.05) is 24.3 Å². The molecule has 0 aliphatic carbocycles. The number of furan rings is 1. The number of anilines is 2. The maximum atomic E-state index is 12.3. The molecule has 2 aromatic heterocycles. The van der Waals surface area contributed by atoms with E-state index in [-0.39, 0.29) is 23.6 Å². The van der Waals surface area contributed by atoms with Crippen LogP contribution in [0.5, 0.6) is 0 Å². The lowest BCUT2D eigenvalue weighted by Crippen LogP contribution is -2.15.